The van der Waals surface area contributed by atoms with Gasteiger partial charge in [0.15, 0.2) is 5.13 Å². The minimum atomic E-state index is -0.212. The average Bonchev–Trinajstić information content (AvgIpc) is 3.06. The van der Waals surface area contributed by atoms with Gasteiger partial charge in [-0.05, 0) is 24.1 Å². The Labute approximate surface area is 149 Å². The highest BCUT2D eigenvalue weighted by molar-refractivity contribution is 7.17. The predicted octanol–water partition coefficient (Wildman–Crippen LogP) is 4.97. The number of rotatable bonds is 5. The predicted molar refractivity (Wildman–Crippen MR) is 100 cm³/mol. The Morgan fingerprint density at radius 3 is 2.71 bits per heavy atom. The molecule has 3 rings (SSSR count). The molecule has 0 aliphatic rings. The van der Waals surface area contributed by atoms with Crippen molar-refractivity contribution in [3.63, 3.8) is 0 Å². The summed E-state index contributed by atoms with van der Waals surface area (Å²) in [5.41, 5.74) is 2.71. The number of halogens is 1. The van der Waals surface area contributed by atoms with E-state index >= 15 is 0 Å². The fraction of sp³-hybridized carbons (Fsp3) is 0.111. The minimum absolute atomic E-state index is 0.212. The molecule has 1 aromatic heterocycles. The maximum absolute atomic E-state index is 12.4. The Kier molecular flexibility index (Phi) is 5.13. The molecule has 0 saturated heterocycles. The standard InChI is InChI=1S/C18H16ClN3OS/c1-12-6-5-9-14(19)16(12)22-17(23)15-11-21-18(24-15)20-10-13-7-3-2-4-8-13/h2-9,11H,10H2,1H3,(H,20,21)(H,22,23). The number of benzene rings is 2. The van der Waals surface area contributed by atoms with Gasteiger partial charge in [0.1, 0.15) is 4.88 Å². The zero-order chi connectivity index (χ0) is 16.9. The van der Waals surface area contributed by atoms with Gasteiger partial charge < -0.3 is 10.6 Å². The first-order valence-electron chi connectivity index (χ1n) is 7.43. The highest BCUT2D eigenvalue weighted by atomic mass is 35.5. The van der Waals surface area contributed by atoms with E-state index in [0.29, 0.717) is 27.3 Å². The fourth-order valence-corrected chi connectivity index (χ4v) is 3.18. The van der Waals surface area contributed by atoms with E-state index < -0.39 is 0 Å². The van der Waals surface area contributed by atoms with Crippen molar-refractivity contribution in [2.75, 3.05) is 10.6 Å². The van der Waals surface area contributed by atoms with Crippen LogP contribution in [0.1, 0.15) is 20.8 Å². The van der Waals surface area contributed by atoms with E-state index in [-0.39, 0.29) is 5.91 Å². The summed E-state index contributed by atoms with van der Waals surface area (Å²) in [7, 11) is 0. The zero-order valence-electron chi connectivity index (χ0n) is 13.0. The summed E-state index contributed by atoms with van der Waals surface area (Å²) >= 11 is 7.46. The summed E-state index contributed by atoms with van der Waals surface area (Å²) in [6, 6.07) is 15.5. The number of hydrogen-bond donors (Lipinski definition) is 2. The van der Waals surface area contributed by atoms with Crippen LogP contribution >= 0.6 is 22.9 Å². The Morgan fingerprint density at radius 1 is 1.17 bits per heavy atom. The Morgan fingerprint density at radius 2 is 1.96 bits per heavy atom. The molecule has 0 atom stereocenters. The van der Waals surface area contributed by atoms with Crippen LogP contribution in [-0.2, 0) is 6.54 Å². The molecule has 1 amide bonds. The fourth-order valence-electron chi connectivity index (χ4n) is 2.20. The lowest BCUT2D eigenvalue weighted by molar-refractivity contribution is 0.103. The molecule has 3 aromatic rings. The van der Waals surface area contributed by atoms with Crippen molar-refractivity contribution < 1.29 is 4.79 Å². The molecule has 4 nitrogen and oxygen atoms in total. The van der Waals surface area contributed by atoms with E-state index in [1.165, 1.54) is 11.3 Å². The van der Waals surface area contributed by atoms with Crippen LogP contribution < -0.4 is 10.6 Å². The number of aryl methyl sites for hydroxylation is 1. The SMILES string of the molecule is Cc1cccc(Cl)c1NC(=O)c1cnc(NCc2ccccc2)s1. The van der Waals surface area contributed by atoms with E-state index in [4.69, 9.17) is 11.6 Å². The van der Waals surface area contributed by atoms with Crippen LogP contribution in [0.5, 0.6) is 0 Å². The summed E-state index contributed by atoms with van der Waals surface area (Å²) in [6.07, 6.45) is 1.57. The number of anilines is 2. The third kappa shape index (κ3) is 3.93. The normalized spacial score (nSPS) is 10.4. The van der Waals surface area contributed by atoms with E-state index in [1.54, 1.807) is 12.3 Å². The quantitative estimate of drug-likeness (QED) is 0.677. The molecule has 0 fully saturated rings. The molecule has 0 unspecified atom stereocenters. The number of nitrogens with zero attached hydrogens (tertiary/aromatic N) is 1. The van der Waals surface area contributed by atoms with E-state index in [0.717, 1.165) is 11.1 Å². The van der Waals surface area contributed by atoms with Crippen molar-refractivity contribution >= 4 is 39.7 Å². The van der Waals surface area contributed by atoms with Gasteiger partial charge >= 0.3 is 0 Å². The smallest absolute Gasteiger partial charge is 0.267 e. The second-order valence-electron chi connectivity index (χ2n) is 5.25. The van der Waals surface area contributed by atoms with Crippen LogP contribution in [0.3, 0.4) is 0 Å². The van der Waals surface area contributed by atoms with Crippen LogP contribution in [0.2, 0.25) is 5.02 Å². The second-order valence-corrected chi connectivity index (χ2v) is 6.69. The third-order valence-electron chi connectivity index (χ3n) is 3.48. The summed E-state index contributed by atoms with van der Waals surface area (Å²) < 4.78 is 0. The molecule has 0 saturated carbocycles. The summed E-state index contributed by atoms with van der Waals surface area (Å²) in [6.45, 7) is 2.57. The van der Waals surface area contributed by atoms with E-state index in [9.17, 15) is 4.79 Å². The number of para-hydroxylation sites is 1. The lowest BCUT2D eigenvalue weighted by Gasteiger charge is -2.08. The Balaban J connectivity index is 1.65. The van der Waals surface area contributed by atoms with Crippen LogP contribution in [-0.4, -0.2) is 10.9 Å². The number of carbonyl (C=O) groups is 1. The first-order chi connectivity index (χ1) is 11.6. The number of carbonyl (C=O) groups excluding carboxylic acids is 1. The molecule has 0 spiro atoms. The average molecular weight is 358 g/mol. The highest BCUT2D eigenvalue weighted by Crippen LogP contribution is 2.27. The lowest BCUT2D eigenvalue weighted by atomic mass is 10.2. The molecule has 122 valence electrons. The van der Waals surface area contributed by atoms with Crippen molar-refractivity contribution in [2.45, 2.75) is 13.5 Å². The van der Waals surface area contributed by atoms with E-state index in [1.807, 2.05) is 49.4 Å². The van der Waals surface area contributed by atoms with Crippen molar-refractivity contribution in [1.82, 2.24) is 4.98 Å². The maximum atomic E-state index is 12.4. The Bertz CT molecular complexity index is 828. The number of amides is 1. The summed E-state index contributed by atoms with van der Waals surface area (Å²) in [4.78, 5) is 17.2. The van der Waals surface area contributed by atoms with Gasteiger partial charge in [0.2, 0.25) is 0 Å². The van der Waals surface area contributed by atoms with Crippen LogP contribution in [0.25, 0.3) is 0 Å². The molecule has 0 bridgehead atoms. The van der Waals surface area contributed by atoms with Gasteiger partial charge in [-0.25, -0.2) is 4.98 Å². The topological polar surface area (TPSA) is 54.0 Å². The van der Waals surface area contributed by atoms with Crippen LogP contribution in [0.15, 0.2) is 54.7 Å². The molecule has 6 heteroatoms. The van der Waals surface area contributed by atoms with Crippen molar-refractivity contribution in [3.05, 3.63) is 75.8 Å². The molecule has 1 heterocycles. The number of nitrogens with one attached hydrogen (secondary N) is 2. The molecule has 24 heavy (non-hydrogen) atoms. The first kappa shape index (κ1) is 16.5. The monoisotopic (exact) mass is 357 g/mol. The molecular formula is C18H16ClN3OS. The third-order valence-corrected chi connectivity index (χ3v) is 4.75. The van der Waals surface area contributed by atoms with Gasteiger partial charge in [0.05, 0.1) is 16.9 Å². The van der Waals surface area contributed by atoms with Crippen LogP contribution in [0, 0.1) is 6.92 Å². The maximum Gasteiger partial charge on any atom is 0.267 e. The lowest BCUT2D eigenvalue weighted by Crippen LogP contribution is -2.11. The van der Waals surface area contributed by atoms with Crippen molar-refractivity contribution in [2.24, 2.45) is 0 Å². The molecule has 0 aliphatic carbocycles. The molecule has 2 aromatic carbocycles. The van der Waals surface area contributed by atoms with Gasteiger partial charge in [-0.2, -0.15) is 0 Å². The molecular weight excluding hydrogens is 342 g/mol. The highest BCUT2D eigenvalue weighted by Gasteiger charge is 2.13. The molecule has 0 radical (unpaired) electrons. The van der Waals surface area contributed by atoms with Crippen LogP contribution in [0.4, 0.5) is 10.8 Å². The van der Waals surface area contributed by atoms with Gasteiger partial charge in [-0.1, -0.05) is 65.4 Å². The van der Waals surface area contributed by atoms with E-state index in [2.05, 4.69) is 15.6 Å². The molecule has 0 aliphatic heterocycles. The summed E-state index contributed by atoms with van der Waals surface area (Å²) in [5.74, 6) is -0.212. The van der Waals surface area contributed by atoms with Gasteiger partial charge in [-0.15, -0.1) is 0 Å². The zero-order valence-corrected chi connectivity index (χ0v) is 14.6. The number of hydrogen-bond acceptors (Lipinski definition) is 4. The van der Waals surface area contributed by atoms with Gasteiger partial charge in [0.25, 0.3) is 5.91 Å². The summed E-state index contributed by atoms with van der Waals surface area (Å²) in [5, 5.41) is 7.31. The largest absolute Gasteiger partial charge is 0.357 e. The van der Waals surface area contributed by atoms with Crippen molar-refractivity contribution in [1.29, 1.82) is 0 Å². The molecule has 2 N–H and O–H groups in total. The second kappa shape index (κ2) is 7.47. The first-order valence-corrected chi connectivity index (χ1v) is 8.63. The van der Waals surface area contributed by atoms with Gasteiger partial charge in [0, 0.05) is 6.54 Å². The Hall–Kier alpha value is -2.37. The number of thiazole rings is 1. The van der Waals surface area contributed by atoms with Crippen molar-refractivity contribution in [3.8, 4) is 0 Å². The van der Waals surface area contributed by atoms with Gasteiger partial charge in [-0.3, -0.25) is 4.79 Å². The minimum Gasteiger partial charge on any atom is -0.357 e. The number of aromatic nitrogens is 1.